The molecule has 1 fully saturated rings. The lowest BCUT2D eigenvalue weighted by molar-refractivity contribution is -0.145. The lowest BCUT2D eigenvalue weighted by Crippen LogP contribution is -2.46. The van der Waals surface area contributed by atoms with Gasteiger partial charge in [0.1, 0.15) is 23.3 Å². The zero-order chi connectivity index (χ0) is 22.5. The molecule has 0 aromatic heterocycles. The van der Waals surface area contributed by atoms with Crippen molar-refractivity contribution in [2.75, 3.05) is 13.7 Å². The summed E-state index contributed by atoms with van der Waals surface area (Å²) in [5, 5.41) is 10.5. The van der Waals surface area contributed by atoms with Crippen LogP contribution in [-0.2, 0) is 4.79 Å². The molecular formula is C26H26ClNO4. The number of hydrogen-bond acceptors (Lipinski definition) is 4. The minimum Gasteiger partial charge on any atom is -0.496 e. The highest BCUT2D eigenvalue weighted by molar-refractivity contribution is 6.30. The van der Waals surface area contributed by atoms with E-state index in [1.807, 2.05) is 71.6 Å². The Labute approximate surface area is 193 Å². The summed E-state index contributed by atoms with van der Waals surface area (Å²) in [6.07, 6.45) is 2.43. The van der Waals surface area contributed by atoms with Gasteiger partial charge in [-0.3, -0.25) is 9.69 Å². The second-order valence-corrected chi connectivity index (χ2v) is 8.30. The number of piperidine rings is 1. The number of ether oxygens (including phenoxy) is 2. The molecule has 0 radical (unpaired) electrons. The van der Waals surface area contributed by atoms with Gasteiger partial charge in [0.15, 0.2) is 0 Å². The predicted octanol–water partition coefficient (Wildman–Crippen LogP) is 6.17. The minimum atomic E-state index is -0.813. The van der Waals surface area contributed by atoms with Crippen LogP contribution in [0.4, 0.5) is 0 Å². The monoisotopic (exact) mass is 451 g/mol. The van der Waals surface area contributed by atoms with Gasteiger partial charge in [0.25, 0.3) is 0 Å². The fourth-order valence-corrected chi connectivity index (χ4v) is 4.55. The smallest absolute Gasteiger partial charge is 0.320 e. The quantitative estimate of drug-likeness (QED) is 0.465. The maximum Gasteiger partial charge on any atom is 0.320 e. The predicted molar refractivity (Wildman–Crippen MR) is 125 cm³/mol. The Morgan fingerprint density at radius 3 is 2.56 bits per heavy atom. The molecule has 1 heterocycles. The number of carbonyl (C=O) groups is 1. The molecule has 0 amide bonds. The molecule has 5 nitrogen and oxygen atoms in total. The van der Waals surface area contributed by atoms with Gasteiger partial charge in [0, 0.05) is 10.6 Å². The van der Waals surface area contributed by atoms with Crippen LogP contribution in [-0.4, -0.2) is 35.7 Å². The molecule has 4 rings (SSSR count). The zero-order valence-corrected chi connectivity index (χ0v) is 18.7. The van der Waals surface area contributed by atoms with Gasteiger partial charge in [0.2, 0.25) is 0 Å². The number of hydrogen-bond donors (Lipinski definition) is 1. The summed E-state index contributed by atoms with van der Waals surface area (Å²) in [5.74, 6) is 1.28. The van der Waals surface area contributed by atoms with E-state index in [0.29, 0.717) is 29.5 Å². The number of aliphatic carboxylic acids is 1. The van der Waals surface area contributed by atoms with Gasteiger partial charge < -0.3 is 14.6 Å². The lowest BCUT2D eigenvalue weighted by Gasteiger charge is -2.40. The number of para-hydroxylation sites is 1. The van der Waals surface area contributed by atoms with Crippen LogP contribution in [0.3, 0.4) is 0 Å². The van der Waals surface area contributed by atoms with Crippen molar-refractivity contribution in [1.82, 2.24) is 4.90 Å². The molecule has 3 aromatic carbocycles. The fourth-order valence-electron chi connectivity index (χ4n) is 4.37. The van der Waals surface area contributed by atoms with E-state index in [4.69, 9.17) is 21.1 Å². The highest BCUT2D eigenvalue weighted by atomic mass is 35.5. The number of likely N-dealkylation sites (tertiary alicyclic amines) is 1. The topological polar surface area (TPSA) is 59.0 Å². The summed E-state index contributed by atoms with van der Waals surface area (Å²) in [5.41, 5.74) is 1.76. The summed E-state index contributed by atoms with van der Waals surface area (Å²) in [4.78, 5) is 14.2. The number of benzene rings is 3. The normalized spacial score (nSPS) is 17.5. The van der Waals surface area contributed by atoms with Crippen molar-refractivity contribution in [2.24, 2.45) is 0 Å². The molecule has 2 unspecified atom stereocenters. The average molecular weight is 452 g/mol. The molecule has 0 saturated carbocycles. The molecule has 6 heteroatoms. The van der Waals surface area contributed by atoms with Crippen LogP contribution in [0.2, 0.25) is 5.02 Å². The molecule has 2 atom stereocenters. The van der Waals surface area contributed by atoms with E-state index in [0.717, 1.165) is 29.7 Å². The molecular weight excluding hydrogens is 426 g/mol. The summed E-state index contributed by atoms with van der Waals surface area (Å²) >= 11 is 6.37. The second kappa shape index (κ2) is 10.1. The van der Waals surface area contributed by atoms with Crippen LogP contribution in [0.15, 0.2) is 72.8 Å². The second-order valence-electron chi connectivity index (χ2n) is 7.86. The summed E-state index contributed by atoms with van der Waals surface area (Å²) < 4.78 is 11.7. The van der Waals surface area contributed by atoms with Crippen molar-refractivity contribution >= 4 is 17.6 Å². The van der Waals surface area contributed by atoms with Crippen LogP contribution in [0.25, 0.3) is 0 Å². The third kappa shape index (κ3) is 4.90. The van der Waals surface area contributed by atoms with Crippen LogP contribution < -0.4 is 9.47 Å². The Hall–Kier alpha value is -3.02. The Bertz CT molecular complexity index is 1070. The Morgan fingerprint density at radius 2 is 1.81 bits per heavy atom. The standard InChI is InChI=1S/C26H26ClNO4/c1-31-24-14-13-19(27)17-22(24)25(28-15-6-5-12-23(28)26(29)30)18-8-7-11-21(16-18)32-20-9-3-2-4-10-20/h2-4,7-11,13-14,16-17,23,25H,5-6,12,15H2,1H3,(H,29,30). The van der Waals surface area contributed by atoms with Gasteiger partial charge in [-0.05, 0) is 67.4 Å². The molecule has 0 spiro atoms. The minimum absolute atomic E-state index is 0.343. The fraction of sp³-hybridized carbons (Fsp3) is 0.269. The van der Waals surface area contributed by atoms with Gasteiger partial charge in [0.05, 0.1) is 13.2 Å². The number of methoxy groups -OCH3 is 1. The Morgan fingerprint density at radius 1 is 1.03 bits per heavy atom. The van der Waals surface area contributed by atoms with Gasteiger partial charge in [-0.1, -0.05) is 48.4 Å². The molecule has 32 heavy (non-hydrogen) atoms. The first-order valence-electron chi connectivity index (χ1n) is 10.7. The van der Waals surface area contributed by atoms with Gasteiger partial charge in [-0.25, -0.2) is 0 Å². The summed E-state index contributed by atoms with van der Waals surface area (Å²) in [7, 11) is 1.61. The SMILES string of the molecule is COc1ccc(Cl)cc1C(c1cccc(Oc2ccccc2)c1)N1CCCCC1C(=O)O. The number of carboxylic acids is 1. The third-order valence-electron chi connectivity index (χ3n) is 5.80. The highest BCUT2D eigenvalue weighted by Gasteiger charge is 2.36. The van der Waals surface area contributed by atoms with Crippen molar-refractivity contribution in [3.63, 3.8) is 0 Å². The van der Waals surface area contributed by atoms with Crippen molar-refractivity contribution in [1.29, 1.82) is 0 Å². The van der Waals surface area contributed by atoms with E-state index in [1.54, 1.807) is 13.2 Å². The molecule has 1 saturated heterocycles. The number of rotatable bonds is 7. The van der Waals surface area contributed by atoms with E-state index >= 15 is 0 Å². The van der Waals surface area contributed by atoms with Crippen molar-refractivity contribution < 1.29 is 19.4 Å². The third-order valence-corrected chi connectivity index (χ3v) is 6.04. The first-order chi connectivity index (χ1) is 15.6. The zero-order valence-electron chi connectivity index (χ0n) is 17.9. The summed E-state index contributed by atoms with van der Waals surface area (Å²) in [6, 6.07) is 21.9. The first-order valence-corrected chi connectivity index (χ1v) is 11.1. The maximum absolute atomic E-state index is 12.1. The summed E-state index contributed by atoms with van der Waals surface area (Å²) in [6.45, 7) is 0.668. The van der Waals surface area contributed by atoms with Gasteiger partial charge in [-0.2, -0.15) is 0 Å². The van der Waals surface area contributed by atoms with Crippen molar-refractivity contribution in [2.45, 2.75) is 31.3 Å². The largest absolute Gasteiger partial charge is 0.496 e. The molecule has 1 N–H and O–H groups in total. The Kier molecular flexibility index (Phi) is 6.98. The van der Waals surface area contributed by atoms with E-state index in [-0.39, 0.29) is 6.04 Å². The van der Waals surface area contributed by atoms with Crippen molar-refractivity contribution in [3.05, 3.63) is 88.9 Å². The molecule has 0 aliphatic carbocycles. The van der Waals surface area contributed by atoms with E-state index in [9.17, 15) is 9.90 Å². The average Bonchev–Trinajstić information content (AvgIpc) is 2.81. The van der Waals surface area contributed by atoms with Crippen LogP contribution in [0, 0.1) is 0 Å². The van der Waals surface area contributed by atoms with Gasteiger partial charge in [-0.15, -0.1) is 0 Å². The molecule has 166 valence electrons. The molecule has 3 aromatic rings. The number of nitrogens with zero attached hydrogens (tertiary/aromatic N) is 1. The van der Waals surface area contributed by atoms with Crippen LogP contribution >= 0.6 is 11.6 Å². The van der Waals surface area contributed by atoms with E-state index in [2.05, 4.69) is 0 Å². The van der Waals surface area contributed by atoms with E-state index < -0.39 is 12.0 Å². The van der Waals surface area contributed by atoms with Gasteiger partial charge >= 0.3 is 5.97 Å². The van der Waals surface area contributed by atoms with Crippen LogP contribution in [0.1, 0.15) is 36.4 Å². The Balaban J connectivity index is 1.80. The molecule has 1 aliphatic rings. The molecule has 1 aliphatic heterocycles. The van der Waals surface area contributed by atoms with E-state index in [1.165, 1.54) is 0 Å². The van der Waals surface area contributed by atoms with Crippen LogP contribution in [0.5, 0.6) is 17.2 Å². The highest BCUT2D eigenvalue weighted by Crippen LogP contribution is 2.40. The number of carboxylic acid groups (broad SMARTS) is 1. The lowest BCUT2D eigenvalue weighted by atomic mass is 9.91. The van der Waals surface area contributed by atoms with Crippen molar-refractivity contribution in [3.8, 4) is 17.2 Å². The first kappa shape index (κ1) is 22.2. The maximum atomic E-state index is 12.1. The molecule has 0 bridgehead atoms. The number of halogens is 1.